The number of primary amides is 2. The number of aliphatic carboxylic acids is 1. The van der Waals surface area contributed by atoms with Crippen LogP contribution in [0, 0.1) is 5.92 Å². The van der Waals surface area contributed by atoms with Gasteiger partial charge in [-0.15, -0.1) is 0 Å². The number of carboxylic acids is 1. The van der Waals surface area contributed by atoms with E-state index in [1.807, 2.05) is 0 Å². The lowest BCUT2D eigenvalue weighted by molar-refractivity contribution is -0.149. The maximum absolute atomic E-state index is 13.0. The van der Waals surface area contributed by atoms with Gasteiger partial charge in [0.05, 0.1) is 18.9 Å². The molecule has 0 aliphatic carbocycles. The molecule has 1 saturated heterocycles. The standard InChI is InChI=1S/C19H32N6O7/c1-3-9(2)15(24-16(28)10(20)7-13(21)26)17(29)23-11(8-14(22)27)18(30)25-6-4-5-12(25)19(31)32/h9-12,15H,3-8,20H2,1-2H3,(H2,21,26)(H2,22,27)(H,23,29)(H,24,28)(H,31,32). The van der Waals surface area contributed by atoms with Gasteiger partial charge >= 0.3 is 5.97 Å². The van der Waals surface area contributed by atoms with Crippen LogP contribution < -0.4 is 27.8 Å². The van der Waals surface area contributed by atoms with Crippen LogP contribution in [0.2, 0.25) is 0 Å². The molecule has 9 N–H and O–H groups in total. The van der Waals surface area contributed by atoms with E-state index in [1.54, 1.807) is 13.8 Å². The highest BCUT2D eigenvalue weighted by Gasteiger charge is 2.39. The highest BCUT2D eigenvalue weighted by molar-refractivity contribution is 5.96. The van der Waals surface area contributed by atoms with Crippen LogP contribution in [0.1, 0.15) is 46.0 Å². The highest BCUT2D eigenvalue weighted by Crippen LogP contribution is 2.19. The molecule has 0 saturated carbocycles. The Kier molecular flexibility index (Phi) is 10.0. The molecule has 5 amide bonds. The molecule has 0 aromatic heterocycles. The van der Waals surface area contributed by atoms with Gasteiger partial charge in [-0.25, -0.2) is 4.79 Å². The zero-order valence-electron chi connectivity index (χ0n) is 18.2. The molecule has 13 nitrogen and oxygen atoms in total. The molecule has 0 aromatic rings. The highest BCUT2D eigenvalue weighted by atomic mass is 16.4. The topological polar surface area (TPSA) is 228 Å². The number of nitrogens with one attached hydrogen (secondary N) is 2. The smallest absolute Gasteiger partial charge is 0.326 e. The molecule has 32 heavy (non-hydrogen) atoms. The van der Waals surface area contributed by atoms with Gasteiger partial charge in [-0.1, -0.05) is 20.3 Å². The third-order valence-electron chi connectivity index (χ3n) is 5.39. The van der Waals surface area contributed by atoms with Crippen molar-refractivity contribution in [1.82, 2.24) is 15.5 Å². The summed E-state index contributed by atoms with van der Waals surface area (Å²) in [7, 11) is 0. The van der Waals surface area contributed by atoms with Gasteiger partial charge in [0.25, 0.3) is 0 Å². The number of likely N-dealkylation sites (tertiary alicyclic amines) is 1. The van der Waals surface area contributed by atoms with Gasteiger partial charge in [0.2, 0.25) is 29.5 Å². The number of hydrogen-bond acceptors (Lipinski definition) is 7. The summed E-state index contributed by atoms with van der Waals surface area (Å²) in [5.74, 6) is -5.56. The van der Waals surface area contributed by atoms with Gasteiger partial charge in [-0.05, 0) is 18.8 Å². The van der Waals surface area contributed by atoms with Crippen molar-refractivity contribution < 1.29 is 33.9 Å². The van der Waals surface area contributed by atoms with Crippen LogP contribution in [0.3, 0.4) is 0 Å². The van der Waals surface area contributed by atoms with Crippen LogP contribution in [-0.2, 0) is 28.8 Å². The number of nitrogens with zero attached hydrogens (tertiary/aromatic N) is 1. The van der Waals surface area contributed by atoms with E-state index in [4.69, 9.17) is 17.2 Å². The minimum atomic E-state index is -1.40. The lowest BCUT2D eigenvalue weighted by atomic mass is 9.97. The van der Waals surface area contributed by atoms with Crippen molar-refractivity contribution in [2.24, 2.45) is 23.1 Å². The predicted molar refractivity (Wildman–Crippen MR) is 111 cm³/mol. The molecule has 1 aliphatic heterocycles. The number of amides is 5. The molecule has 180 valence electrons. The number of nitrogens with two attached hydrogens (primary N) is 3. The lowest BCUT2D eigenvalue weighted by Crippen LogP contribution is -2.59. The molecular formula is C19H32N6O7. The molecule has 5 atom stereocenters. The van der Waals surface area contributed by atoms with Crippen LogP contribution in [0.15, 0.2) is 0 Å². The molecule has 1 fully saturated rings. The van der Waals surface area contributed by atoms with Crippen LogP contribution in [-0.4, -0.2) is 76.2 Å². The molecule has 5 unspecified atom stereocenters. The van der Waals surface area contributed by atoms with E-state index < -0.39 is 78.4 Å². The van der Waals surface area contributed by atoms with E-state index in [-0.39, 0.29) is 13.0 Å². The van der Waals surface area contributed by atoms with Gasteiger partial charge in [-0.3, -0.25) is 24.0 Å². The third kappa shape index (κ3) is 7.48. The molecule has 0 radical (unpaired) electrons. The first kappa shape index (κ1) is 26.8. The van der Waals surface area contributed by atoms with Gasteiger partial charge in [-0.2, -0.15) is 0 Å². The number of hydrogen-bond donors (Lipinski definition) is 6. The fourth-order valence-electron chi connectivity index (χ4n) is 3.42. The quantitative estimate of drug-likeness (QED) is 0.179. The van der Waals surface area contributed by atoms with Crippen molar-refractivity contribution >= 4 is 35.5 Å². The Bertz CT molecular complexity index is 758. The Balaban J connectivity index is 3.04. The van der Waals surface area contributed by atoms with Crippen molar-refractivity contribution in [2.45, 2.75) is 70.1 Å². The molecule has 13 heteroatoms. The maximum atomic E-state index is 13.0. The predicted octanol–water partition coefficient (Wildman–Crippen LogP) is -2.84. The first-order chi connectivity index (χ1) is 14.9. The summed E-state index contributed by atoms with van der Waals surface area (Å²) in [5, 5.41) is 14.2. The van der Waals surface area contributed by atoms with Crippen molar-refractivity contribution in [1.29, 1.82) is 0 Å². The summed E-state index contributed by atoms with van der Waals surface area (Å²) >= 11 is 0. The minimum absolute atomic E-state index is 0.161. The summed E-state index contributed by atoms with van der Waals surface area (Å²) in [6.45, 7) is 3.61. The van der Waals surface area contributed by atoms with E-state index in [1.165, 1.54) is 0 Å². The Morgan fingerprint density at radius 2 is 1.62 bits per heavy atom. The summed E-state index contributed by atoms with van der Waals surface area (Å²) in [5.41, 5.74) is 15.9. The molecule has 1 aliphatic rings. The Morgan fingerprint density at radius 3 is 2.12 bits per heavy atom. The lowest BCUT2D eigenvalue weighted by Gasteiger charge is -2.30. The molecule has 1 rings (SSSR count). The maximum Gasteiger partial charge on any atom is 0.326 e. The van der Waals surface area contributed by atoms with Gasteiger partial charge in [0.1, 0.15) is 18.1 Å². The van der Waals surface area contributed by atoms with Crippen LogP contribution in [0.5, 0.6) is 0 Å². The second-order valence-electron chi connectivity index (χ2n) is 7.91. The average molecular weight is 457 g/mol. The molecule has 0 aromatic carbocycles. The fraction of sp³-hybridized carbons (Fsp3) is 0.684. The minimum Gasteiger partial charge on any atom is -0.480 e. The van der Waals surface area contributed by atoms with Gasteiger partial charge < -0.3 is 37.8 Å². The molecule has 0 spiro atoms. The van der Waals surface area contributed by atoms with Gasteiger partial charge in [0.15, 0.2) is 0 Å². The Morgan fingerprint density at radius 1 is 1.03 bits per heavy atom. The molecular weight excluding hydrogens is 424 g/mol. The second kappa shape index (κ2) is 12.0. The fourth-order valence-corrected chi connectivity index (χ4v) is 3.42. The van der Waals surface area contributed by atoms with Crippen LogP contribution in [0.25, 0.3) is 0 Å². The van der Waals surface area contributed by atoms with Crippen LogP contribution >= 0.6 is 0 Å². The third-order valence-corrected chi connectivity index (χ3v) is 5.39. The Hall–Kier alpha value is -3.22. The Labute approximate surface area is 185 Å². The van der Waals surface area contributed by atoms with Crippen molar-refractivity contribution in [3.63, 3.8) is 0 Å². The summed E-state index contributed by atoms with van der Waals surface area (Å²) in [6.07, 6.45) is 0.209. The summed E-state index contributed by atoms with van der Waals surface area (Å²) in [6, 6.07) is -4.87. The van der Waals surface area contributed by atoms with Gasteiger partial charge in [0, 0.05) is 6.54 Å². The summed E-state index contributed by atoms with van der Waals surface area (Å²) < 4.78 is 0. The molecule has 0 bridgehead atoms. The number of carboxylic acid groups (broad SMARTS) is 1. The van der Waals surface area contributed by atoms with Crippen molar-refractivity contribution in [3.8, 4) is 0 Å². The number of carbonyl (C=O) groups is 6. The first-order valence-electron chi connectivity index (χ1n) is 10.3. The normalized spacial score (nSPS) is 19.3. The van der Waals surface area contributed by atoms with Crippen molar-refractivity contribution in [3.05, 3.63) is 0 Å². The van der Waals surface area contributed by atoms with E-state index in [2.05, 4.69) is 10.6 Å². The number of rotatable bonds is 12. The average Bonchev–Trinajstić information content (AvgIpc) is 3.19. The van der Waals surface area contributed by atoms with E-state index in [9.17, 15) is 33.9 Å². The SMILES string of the molecule is CCC(C)C(NC(=O)C(N)CC(N)=O)C(=O)NC(CC(N)=O)C(=O)N1CCCC1C(=O)O. The van der Waals surface area contributed by atoms with Crippen LogP contribution in [0.4, 0.5) is 0 Å². The monoisotopic (exact) mass is 456 g/mol. The van der Waals surface area contributed by atoms with Crippen molar-refractivity contribution in [2.75, 3.05) is 6.54 Å². The zero-order valence-corrected chi connectivity index (χ0v) is 18.2. The second-order valence-corrected chi connectivity index (χ2v) is 7.91. The number of carbonyl (C=O) groups excluding carboxylic acids is 5. The van der Waals surface area contributed by atoms with E-state index in [0.29, 0.717) is 12.8 Å². The molecule has 1 heterocycles. The largest absolute Gasteiger partial charge is 0.480 e. The zero-order chi connectivity index (χ0) is 24.6. The first-order valence-corrected chi connectivity index (χ1v) is 10.3. The summed E-state index contributed by atoms with van der Waals surface area (Å²) in [4.78, 5) is 73.2. The van der Waals surface area contributed by atoms with E-state index >= 15 is 0 Å². The van der Waals surface area contributed by atoms with E-state index in [0.717, 1.165) is 4.90 Å².